The second kappa shape index (κ2) is 7.85. The van der Waals surface area contributed by atoms with E-state index in [-0.39, 0.29) is 11.3 Å². The van der Waals surface area contributed by atoms with Gasteiger partial charge in [-0.2, -0.15) is 0 Å². The zero-order valence-electron chi connectivity index (χ0n) is 12.8. The summed E-state index contributed by atoms with van der Waals surface area (Å²) in [5.41, 5.74) is 1.35. The van der Waals surface area contributed by atoms with Crippen LogP contribution in [0.1, 0.15) is 37.7 Å². The monoisotopic (exact) mass is 279 g/mol. The molecular weight excluding hydrogens is 254 g/mol. The van der Waals surface area contributed by atoms with Crippen molar-refractivity contribution in [2.75, 3.05) is 32.1 Å². The van der Waals surface area contributed by atoms with Crippen LogP contribution in [-0.4, -0.2) is 37.7 Å². The molecule has 0 spiro atoms. The van der Waals surface area contributed by atoms with Crippen LogP contribution in [0.4, 0.5) is 5.69 Å². The number of ether oxygens (including phenoxy) is 1. The van der Waals surface area contributed by atoms with E-state index in [2.05, 4.69) is 29.5 Å². The van der Waals surface area contributed by atoms with Gasteiger partial charge in [0, 0.05) is 38.7 Å². The summed E-state index contributed by atoms with van der Waals surface area (Å²) < 4.78 is 5.08. The average Bonchev–Trinajstić information content (AvgIpc) is 2.43. The molecule has 0 aromatic carbocycles. The molecule has 2 N–H and O–H groups in total. The molecule has 112 valence electrons. The van der Waals surface area contributed by atoms with Gasteiger partial charge in [-0.1, -0.05) is 13.8 Å². The Balaban J connectivity index is 2.56. The highest BCUT2D eigenvalue weighted by Crippen LogP contribution is 2.19. The van der Waals surface area contributed by atoms with Crippen molar-refractivity contribution in [3.63, 3.8) is 0 Å². The predicted molar refractivity (Wildman–Crippen MR) is 81.0 cm³/mol. The number of hydrogen-bond donors (Lipinski definition) is 2. The zero-order valence-corrected chi connectivity index (χ0v) is 12.8. The molecule has 0 radical (unpaired) electrons. The van der Waals surface area contributed by atoms with Crippen LogP contribution in [0.25, 0.3) is 0 Å². The number of hydrogen-bond acceptors (Lipinski definition) is 4. The number of methoxy groups -OCH3 is 1. The molecule has 1 rings (SSSR count). The smallest absolute Gasteiger partial charge is 0.269 e. The third kappa shape index (κ3) is 5.57. The molecule has 1 heterocycles. The fourth-order valence-electron chi connectivity index (χ4n) is 1.75. The minimum Gasteiger partial charge on any atom is -0.385 e. The first-order valence-corrected chi connectivity index (χ1v) is 6.95. The van der Waals surface area contributed by atoms with Gasteiger partial charge in [0.25, 0.3) is 5.91 Å². The Labute approximate surface area is 121 Å². The number of nitrogens with one attached hydrogen (secondary N) is 2. The molecule has 1 aromatic rings. The fraction of sp³-hybridized carbons (Fsp3) is 0.600. The number of carbonyl (C=O) groups is 1. The van der Waals surface area contributed by atoms with E-state index in [4.69, 9.17) is 4.74 Å². The minimum absolute atomic E-state index is 0.00491. The van der Waals surface area contributed by atoms with Crippen molar-refractivity contribution >= 4 is 11.6 Å². The molecule has 20 heavy (non-hydrogen) atoms. The lowest BCUT2D eigenvalue weighted by atomic mass is 9.89. The molecule has 0 atom stereocenters. The first-order chi connectivity index (χ1) is 9.48. The van der Waals surface area contributed by atoms with E-state index >= 15 is 0 Å². The number of nitrogens with zero attached hydrogens (tertiary/aromatic N) is 1. The van der Waals surface area contributed by atoms with Crippen molar-refractivity contribution in [1.29, 1.82) is 0 Å². The van der Waals surface area contributed by atoms with Gasteiger partial charge in [0.15, 0.2) is 0 Å². The van der Waals surface area contributed by atoms with Crippen molar-refractivity contribution in [1.82, 2.24) is 10.3 Å². The molecule has 0 aliphatic rings. The summed E-state index contributed by atoms with van der Waals surface area (Å²) in [5.74, 6) is -0.143. The standard InChI is InChI=1S/C15H25N3O2/c1-5-16-12-6-8-17-13(10-12)14(19)18-11-15(2,3)7-9-20-4/h6,8,10H,5,7,9,11H2,1-4H3,(H,16,17)(H,18,19). The maximum absolute atomic E-state index is 12.1. The first kappa shape index (κ1) is 16.4. The van der Waals surface area contributed by atoms with Crippen LogP contribution in [0, 0.1) is 5.41 Å². The Morgan fingerprint density at radius 3 is 2.85 bits per heavy atom. The lowest BCUT2D eigenvalue weighted by Crippen LogP contribution is -2.35. The Bertz CT molecular complexity index is 433. The highest BCUT2D eigenvalue weighted by Gasteiger charge is 2.19. The summed E-state index contributed by atoms with van der Waals surface area (Å²) in [5, 5.41) is 6.10. The number of aromatic nitrogens is 1. The van der Waals surface area contributed by atoms with Crippen molar-refractivity contribution in [3.05, 3.63) is 24.0 Å². The largest absolute Gasteiger partial charge is 0.385 e. The van der Waals surface area contributed by atoms with E-state index in [9.17, 15) is 4.79 Å². The molecule has 0 saturated carbocycles. The van der Waals surface area contributed by atoms with E-state index in [0.717, 1.165) is 18.7 Å². The van der Waals surface area contributed by atoms with Crippen molar-refractivity contribution in [2.24, 2.45) is 5.41 Å². The Hall–Kier alpha value is -1.62. The lowest BCUT2D eigenvalue weighted by Gasteiger charge is -2.24. The number of amides is 1. The second-order valence-corrected chi connectivity index (χ2v) is 5.55. The summed E-state index contributed by atoms with van der Waals surface area (Å²) in [6, 6.07) is 3.61. The van der Waals surface area contributed by atoms with Crippen molar-refractivity contribution < 1.29 is 9.53 Å². The second-order valence-electron chi connectivity index (χ2n) is 5.55. The number of carbonyl (C=O) groups excluding carboxylic acids is 1. The summed E-state index contributed by atoms with van der Waals surface area (Å²) in [6.07, 6.45) is 2.54. The SMILES string of the molecule is CCNc1ccnc(C(=O)NCC(C)(C)CCOC)c1. The maximum atomic E-state index is 12.1. The van der Waals surface area contributed by atoms with Crippen LogP contribution in [0.15, 0.2) is 18.3 Å². The normalized spacial score (nSPS) is 11.2. The summed E-state index contributed by atoms with van der Waals surface area (Å²) in [7, 11) is 1.69. The molecule has 0 unspecified atom stereocenters. The third-order valence-electron chi connectivity index (χ3n) is 3.08. The van der Waals surface area contributed by atoms with Crippen molar-refractivity contribution in [3.8, 4) is 0 Å². The van der Waals surface area contributed by atoms with Crippen LogP contribution in [-0.2, 0) is 4.74 Å². The molecule has 0 fully saturated rings. The van der Waals surface area contributed by atoms with Gasteiger partial charge >= 0.3 is 0 Å². The molecule has 5 heteroatoms. The minimum atomic E-state index is -0.143. The van der Waals surface area contributed by atoms with Crippen LogP contribution < -0.4 is 10.6 Å². The topological polar surface area (TPSA) is 63.2 Å². The summed E-state index contributed by atoms with van der Waals surface area (Å²) >= 11 is 0. The van der Waals surface area contributed by atoms with Crippen molar-refractivity contribution in [2.45, 2.75) is 27.2 Å². The van der Waals surface area contributed by atoms with Crippen LogP contribution in [0.5, 0.6) is 0 Å². The molecule has 1 amide bonds. The average molecular weight is 279 g/mol. The number of anilines is 1. The quantitative estimate of drug-likeness (QED) is 0.766. The van der Waals surface area contributed by atoms with Gasteiger partial charge in [0.05, 0.1) is 0 Å². The van der Waals surface area contributed by atoms with E-state index in [1.807, 2.05) is 13.0 Å². The van der Waals surface area contributed by atoms with E-state index in [1.54, 1.807) is 19.4 Å². The molecular formula is C15H25N3O2. The molecule has 0 saturated heterocycles. The Kier molecular flexibility index (Phi) is 6.45. The van der Waals surface area contributed by atoms with Crippen LogP contribution >= 0.6 is 0 Å². The van der Waals surface area contributed by atoms with Gasteiger partial charge < -0.3 is 15.4 Å². The van der Waals surface area contributed by atoms with Gasteiger partial charge in [-0.15, -0.1) is 0 Å². The first-order valence-electron chi connectivity index (χ1n) is 6.95. The van der Waals surface area contributed by atoms with Crippen LogP contribution in [0.2, 0.25) is 0 Å². The van der Waals surface area contributed by atoms with Gasteiger partial charge in [-0.25, -0.2) is 0 Å². The van der Waals surface area contributed by atoms with E-state index < -0.39 is 0 Å². The number of rotatable bonds is 8. The molecule has 1 aromatic heterocycles. The molecule has 0 bridgehead atoms. The van der Waals surface area contributed by atoms with Gasteiger partial charge in [-0.05, 0) is 30.9 Å². The Morgan fingerprint density at radius 1 is 1.45 bits per heavy atom. The molecule has 0 aliphatic carbocycles. The van der Waals surface area contributed by atoms with Gasteiger partial charge in [-0.3, -0.25) is 9.78 Å². The maximum Gasteiger partial charge on any atom is 0.269 e. The summed E-state index contributed by atoms with van der Waals surface area (Å²) in [6.45, 7) is 8.33. The Morgan fingerprint density at radius 2 is 2.20 bits per heavy atom. The van der Waals surface area contributed by atoms with E-state index in [0.29, 0.717) is 18.8 Å². The van der Waals surface area contributed by atoms with E-state index in [1.165, 1.54) is 0 Å². The molecule has 0 aliphatic heterocycles. The third-order valence-corrected chi connectivity index (χ3v) is 3.08. The predicted octanol–water partition coefficient (Wildman–Crippen LogP) is 2.31. The van der Waals surface area contributed by atoms with Gasteiger partial charge in [0.1, 0.15) is 5.69 Å². The highest BCUT2D eigenvalue weighted by molar-refractivity contribution is 5.93. The van der Waals surface area contributed by atoms with Crippen LogP contribution in [0.3, 0.4) is 0 Å². The summed E-state index contributed by atoms with van der Waals surface area (Å²) in [4.78, 5) is 16.2. The highest BCUT2D eigenvalue weighted by atomic mass is 16.5. The lowest BCUT2D eigenvalue weighted by molar-refractivity contribution is 0.0916. The van der Waals surface area contributed by atoms with Gasteiger partial charge in [0.2, 0.25) is 0 Å². The zero-order chi connectivity index (χ0) is 15.0. The molecule has 5 nitrogen and oxygen atoms in total. The fourth-order valence-corrected chi connectivity index (χ4v) is 1.75. The number of pyridine rings is 1.